The van der Waals surface area contributed by atoms with Crippen molar-refractivity contribution in [3.8, 4) is 0 Å². The summed E-state index contributed by atoms with van der Waals surface area (Å²) in [4.78, 5) is 0.150. The molecule has 0 spiro atoms. The molecule has 0 heterocycles. The summed E-state index contributed by atoms with van der Waals surface area (Å²) in [5.74, 6) is 0. The van der Waals surface area contributed by atoms with Crippen molar-refractivity contribution in [2.45, 2.75) is 4.90 Å². The van der Waals surface area contributed by atoms with Gasteiger partial charge in [-0.2, -0.15) is 0 Å². The number of anilines is 2. The molecule has 0 unspecified atom stereocenters. The number of hydrogen-bond donors (Lipinski definition) is 2. The van der Waals surface area contributed by atoms with Gasteiger partial charge in [0.1, 0.15) is 0 Å². The van der Waals surface area contributed by atoms with E-state index in [1.165, 1.54) is 6.07 Å². The van der Waals surface area contributed by atoms with Crippen molar-refractivity contribution in [2.24, 2.45) is 0 Å². The Morgan fingerprint density at radius 3 is 2.73 bits per heavy atom. The monoisotopic (exact) mass is 226 g/mol. The van der Waals surface area contributed by atoms with E-state index < -0.39 is 9.84 Å². The Morgan fingerprint density at radius 2 is 2.20 bits per heavy atom. The van der Waals surface area contributed by atoms with Crippen molar-refractivity contribution in [3.05, 3.63) is 30.9 Å². The molecule has 0 fully saturated rings. The van der Waals surface area contributed by atoms with Crippen LogP contribution in [0.25, 0.3) is 0 Å². The zero-order chi connectivity index (χ0) is 11.5. The van der Waals surface area contributed by atoms with E-state index in [9.17, 15) is 8.42 Å². The van der Waals surface area contributed by atoms with Crippen molar-refractivity contribution in [3.63, 3.8) is 0 Å². The quantitative estimate of drug-likeness (QED) is 0.599. The Hall–Kier alpha value is -1.49. The lowest BCUT2D eigenvalue weighted by atomic mass is 10.2. The third-order valence-corrected chi connectivity index (χ3v) is 3.06. The molecule has 4 nitrogen and oxygen atoms in total. The molecule has 1 aromatic carbocycles. The minimum absolute atomic E-state index is 0.150. The summed E-state index contributed by atoms with van der Waals surface area (Å²) >= 11 is 0. The summed E-state index contributed by atoms with van der Waals surface area (Å²) in [6, 6.07) is 4.87. The topological polar surface area (TPSA) is 72.2 Å². The highest BCUT2D eigenvalue weighted by Crippen LogP contribution is 2.26. The molecule has 1 rings (SSSR count). The molecule has 0 saturated carbocycles. The highest BCUT2D eigenvalue weighted by Gasteiger charge is 2.13. The maximum atomic E-state index is 11.4. The zero-order valence-corrected chi connectivity index (χ0v) is 9.34. The van der Waals surface area contributed by atoms with E-state index in [-0.39, 0.29) is 10.6 Å². The Labute approximate surface area is 89.7 Å². The van der Waals surface area contributed by atoms with Crippen LogP contribution in [0, 0.1) is 0 Å². The molecular weight excluding hydrogens is 212 g/mol. The fourth-order valence-corrected chi connectivity index (χ4v) is 2.04. The number of nitrogens with one attached hydrogen (secondary N) is 1. The second-order valence-electron chi connectivity index (χ2n) is 3.16. The van der Waals surface area contributed by atoms with Gasteiger partial charge in [-0.15, -0.1) is 6.58 Å². The van der Waals surface area contributed by atoms with E-state index in [0.717, 1.165) is 6.26 Å². The molecule has 3 N–H and O–H groups in total. The molecule has 0 bridgehead atoms. The lowest BCUT2D eigenvalue weighted by Gasteiger charge is -2.10. The van der Waals surface area contributed by atoms with Gasteiger partial charge in [-0.1, -0.05) is 12.1 Å². The Balaban J connectivity index is 3.17. The molecule has 0 radical (unpaired) electrons. The van der Waals surface area contributed by atoms with Gasteiger partial charge in [-0.05, 0) is 12.1 Å². The molecular formula is C10H14N2O2S. The summed E-state index contributed by atoms with van der Waals surface area (Å²) in [6.07, 6.45) is 2.81. The average Bonchev–Trinajstić information content (AvgIpc) is 2.14. The van der Waals surface area contributed by atoms with E-state index in [1.54, 1.807) is 18.2 Å². The summed E-state index contributed by atoms with van der Waals surface area (Å²) in [5, 5.41) is 2.97. The molecule has 0 aliphatic rings. The highest BCUT2D eigenvalue weighted by atomic mass is 32.2. The van der Waals surface area contributed by atoms with Crippen molar-refractivity contribution >= 4 is 21.2 Å². The standard InChI is InChI=1S/C10H14N2O2S/c1-3-7-12-8-5-4-6-9(10(8)11)15(2,13)14/h3-6,12H,1,7,11H2,2H3. The second-order valence-corrected chi connectivity index (χ2v) is 5.14. The third-order valence-electron chi connectivity index (χ3n) is 1.90. The normalized spacial score (nSPS) is 11.0. The van der Waals surface area contributed by atoms with Crippen LogP contribution in [0.4, 0.5) is 11.4 Å². The van der Waals surface area contributed by atoms with Gasteiger partial charge in [0, 0.05) is 12.8 Å². The van der Waals surface area contributed by atoms with Crippen molar-refractivity contribution in [2.75, 3.05) is 23.9 Å². The Morgan fingerprint density at radius 1 is 1.53 bits per heavy atom. The molecule has 5 heteroatoms. The third kappa shape index (κ3) is 2.73. The number of nitrogens with two attached hydrogens (primary N) is 1. The van der Waals surface area contributed by atoms with Crippen LogP contribution >= 0.6 is 0 Å². The second kappa shape index (κ2) is 4.35. The first kappa shape index (κ1) is 11.6. The van der Waals surface area contributed by atoms with Crippen LogP contribution in [0.15, 0.2) is 35.7 Å². The zero-order valence-electron chi connectivity index (χ0n) is 8.53. The summed E-state index contributed by atoms with van der Waals surface area (Å²) in [6.45, 7) is 4.09. The molecule has 0 amide bonds. The van der Waals surface area contributed by atoms with Crippen molar-refractivity contribution in [1.82, 2.24) is 0 Å². The molecule has 0 aliphatic carbocycles. The average molecular weight is 226 g/mol. The predicted octanol–water partition coefficient (Wildman–Crippen LogP) is 1.27. The minimum atomic E-state index is -3.27. The lowest BCUT2D eigenvalue weighted by Crippen LogP contribution is -2.07. The maximum absolute atomic E-state index is 11.4. The van der Waals surface area contributed by atoms with Crippen LogP contribution in [0.5, 0.6) is 0 Å². The van der Waals surface area contributed by atoms with Gasteiger partial charge in [0.2, 0.25) is 0 Å². The first-order valence-electron chi connectivity index (χ1n) is 4.40. The molecule has 82 valence electrons. The Bertz CT molecular complexity index is 466. The van der Waals surface area contributed by atoms with Crippen LogP contribution in [-0.2, 0) is 9.84 Å². The SMILES string of the molecule is C=CCNc1cccc(S(C)(=O)=O)c1N. The first-order valence-corrected chi connectivity index (χ1v) is 6.29. The minimum Gasteiger partial charge on any atom is -0.396 e. The van der Waals surface area contributed by atoms with Gasteiger partial charge in [0.15, 0.2) is 9.84 Å². The molecule has 0 aliphatic heterocycles. The highest BCUT2D eigenvalue weighted by molar-refractivity contribution is 7.90. The van der Waals surface area contributed by atoms with Crippen LogP contribution in [0.1, 0.15) is 0 Å². The summed E-state index contributed by atoms with van der Waals surface area (Å²) in [5.41, 5.74) is 6.60. The van der Waals surface area contributed by atoms with E-state index in [4.69, 9.17) is 5.73 Å². The van der Waals surface area contributed by atoms with Crippen molar-refractivity contribution < 1.29 is 8.42 Å². The van der Waals surface area contributed by atoms with E-state index in [2.05, 4.69) is 11.9 Å². The van der Waals surface area contributed by atoms with Gasteiger partial charge in [0.05, 0.1) is 16.3 Å². The number of para-hydroxylation sites is 1. The van der Waals surface area contributed by atoms with Gasteiger partial charge >= 0.3 is 0 Å². The Kier molecular flexibility index (Phi) is 3.36. The van der Waals surface area contributed by atoms with Crippen molar-refractivity contribution in [1.29, 1.82) is 0 Å². The fourth-order valence-electron chi connectivity index (χ4n) is 1.20. The molecule has 1 aromatic rings. The van der Waals surface area contributed by atoms with Gasteiger partial charge in [-0.3, -0.25) is 0 Å². The predicted molar refractivity (Wildman–Crippen MR) is 62.7 cm³/mol. The number of benzene rings is 1. The fraction of sp³-hybridized carbons (Fsp3) is 0.200. The summed E-state index contributed by atoms with van der Waals surface area (Å²) < 4.78 is 22.7. The van der Waals surface area contributed by atoms with Gasteiger partial charge in [0.25, 0.3) is 0 Å². The molecule has 0 aromatic heterocycles. The molecule has 0 atom stereocenters. The first-order chi connectivity index (χ1) is 6.96. The van der Waals surface area contributed by atoms with Gasteiger partial charge in [-0.25, -0.2) is 8.42 Å². The van der Waals surface area contributed by atoms with Crippen LogP contribution in [0.2, 0.25) is 0 Å². The number of hydrogen-bond acceptors (Lipinski definition) is 4. The molecule has 15 heavy (non-hydrogen) atoms. The lowest BCUT2D eigenvalue weighted by molar-refractivity contribution is 0.602. The van der Waals surface area contributed by atoms with Crippen LogP contribution < -0.4 is 11.1 Å². The van der Waals surface area contributed by atoms with Gasteiger partial charge < -0.3 is 11.1 Å². The van der Waals surface area contributed by atoms with Crippen LogP contribution in [-0.4, -0.2) is 21.2 Å². The number of rotatable bonds is 4. The smallest absolute Gasteiger partial charge is 0.177 e. The van der Waals surface area contributed by atoms with E-state index >= 15 is 0 Å². The number of sulfone groups is 1. The van der Waals surface area contributed by atoms with Crippen LogP contribution in [0.3, 0.4) is 0 Å². The maximum Gasteiger partial charge on any atom is 0.177 e. The van der Waals surface area contributed by atoms with E-state index in [0.29, 0.717) is 12.2 Å². The number of nitrogen functional groups attached to an aromatic ring is 1. The largest absolute Gasteiger partial charge is 0.396 e. The van der Waals surface area contributed by atoms with E-state index in [1.807, 2.05) is 0 Å². The summed E-state index contributed by atoms with van der Waals surface area (Å²) in [7, 11) is -3.27. The molecule has 0 saturated heterocycles.